The number of para-hydroxylation sites is 1. The summed E-state index contributed by atoms with van der Waals surface area (Å²) in [6.07, 6.45) is 1.33. The summed E-state index contributed by atoms with van der Waals surface area (Å²) in [7, 11) is 0. The molecule has 1 aromatic rings. The Bertz CT molecular complexity index is 444. The lowest BCUT2D eigenvalue weighted by Crippen LogP contribution is -2.08. The van der Waals surface area contributed by atoms with Crippen LogP contribution in [0.25, 0.3) is 6.08 Å². The fourth-order valence-electron chi connectivity index (χ4n) is 1.36. The Kier molecular flexibility index (Phi) is 4.46. The molecule has 0 amide bonds. The van der Waals surface area contributed by atoms with Crippen molar-refractivity contribution in [1.82, 2.24) is 0 Å². The van der Waals surface area contributed by atoms with E-state index in [2.05, 4.69) is 0 Å². The van der Waals surface area contributed by atoms with E-state index in [4.69, 9.17) is 9.84 Å². The first-order chi connectivity index (χ1) is 8.06. The molecule has 4 nitrogen and oxygen atoms in total. The van der Waals surface area contributed by atoms with Crippen molar-refractivity contribution < 1.29 is 19.4 Å². The van der Waals surface area contributed by atoms with E-state index in [0.29, 0.717) is 17.9 Å². The van der Waals surface area contributed by atoms with Crippen molar-refractivity contribution in [3.8, 4) is 5.75 Å². The van der Waals surface area contributed by atoms with Crippen LogP contribution in [0, 0.1) is 0 Å². The third kappa shape index (κ3) is 3.45. The van der Waals surface area contributed by atoms with Gasteiger partial charge in [-0.1, -0.05) is 18.2 Å². The molecule has 90 valence electrons. The Labute approximate surface area is 99.5 Å². The SMILES string of the molecule is CCOc1ccccc1C=C(C(C)=O)C(=O)O. The van der Waals surface area contributed by atoms with Gasteiger partial charge in [-0.15, -0.1) is 0 Å². The maximum Gasteiger partial charge on any atom is 0.339 e. The number of aliphatic carboxylic acids is 1. The van der Waals surface area contributed by atoms with E-state index in [0.717, 1.165) is 0 Å². The molecule has 0 saturated carbocycles. The molecular weight excluding hydrogens is 220 g/mol. The van der Waals surface area contributed by atoms with E-state index >= 15 is 0 Å². The number of ether oxygens (including phenoxy) is 1. The molecule has 1 N–H and O–H groups in total. The van der Waals surface area contributed by atoms with Gasteiger partial charge in [0.15, 0.2) is 5.78 Å². The first-order valence-corrected chi connectivity index (χ1v) is 5.24. The van der Waals surface area contributed by atoms with Crippen molar-refractivity contribution >= 4 is 17.8 Å². The minimum atomic E-state index is -1.23. The number of carboxylic acids is 1. The number of carbonyl (C=O) groups excluding carboxylic acids is 1. The number of benzene rings is 1. The van der Waals surface area contributed by atoms with Gasteiger partial charge in [0, 0.05) is 5.56 Å². The molecule has 0 unspecified atom stereocenters. The second kappa shape index (κ2) is 5.84. The summed E-state index contributed by atoms with van der Waals surface area (Å²) in [4.78, 5) is 22.1. The lowest BCUT2D eigenvalue weighted by atomic mass is 10.1. The molecule has 0 aliphatic heterocycles. The van der Waals surface area contributed by atoms with Crippen molar-refractivity contribution in [2.45, 2.75) is 13.8 Å². The highest BCUT2D eigenvalue weighted by molar-refractivity contribution is 6.19. The number of Topliss-reactive ketones (excluding diaryl/α,β-unsaturated/α-hetero) is 1. The fourth-order valence-corrected chi connectivity index (χ4v) is 1.36. The predicted octanol–water partition coefficient (Wildman–Crippen LogP) is 2.14. The van der Waals surface area contributed by atoms with Gasteiger partial charge in [0.2, 0.25) is 0 Å². The topological polar surface area (TPSA) is 63.6 Å². The molecule has 0 spiro atoms. The third-order valence-corrected chi connectivity index (χ3v) is 2.13. The van der Waals surface area contributed by atoms with Crippen LogP contribution in [0.4, 0.5) is 0 Å². The summed E-state index contributed by atoms with van der Waals surface area (Å²) in [5, 5.41) is 8.90. The Morgan fingerprint density at radius 1 is 1.35 bits per heavy atom. The summed E-state index contributed by atoms with van der Waals surface area (Å²) in [6.45, 7) is 3.54. The number of carboxylic acid groups (broad SMARTS) is 1. The molecule has 0 aliphatic rings. The number of rotatable bonds is 5. The van der Waals surface area contributed by atoms with Crippen LogP contribution in [0.3, 0.4) is 0 Å². The fraction of sp³-hybridized carbons (Fsp3) is 0.231. The Balaban J connectivity index is 3.19. The highest BCUT2D eigenvalue weighted by Gasteiger charge is 2.13. The van der Waals surface area contributed by atoms with Crippen LogP contribution < -0.4 is 4.74 Å². The number of hydrogen-bond donors (Lipinski definition) is 1. The van der Waals surface area contributed by atoms with Crippen molar-refractivity contribution in [3.63, 3.8) is 0 Å². The van der Waals surface area contributed by atoms with Gasteiger partial charge < -0.3 is 9.84 Å². The third-order valence-electron chi connectivity index (χ3n) is 2.13. The maximum absolute atomic E-state index is 11.2. The van der Waals surface area contributed by atoms with Gasteiger partial charge in [0.25, 0.3) is 0 Å². The average Bonchev–Trinajstić information content (AvgIpc) is 2.27. The minimum Gasteiger partial charge on any atom is -0.493 e. The van der Waals surface area contributed by atoms with Crippen LogP contribution in [0.5, 0.6) is 5.75 Å². The van der Waals surface area contributed by atoms with E-state index in [-0.39, 0.29) is 5.57 Å². The maximum atomic E-state index is 11.2. The predicted molar refractivity (Wildman–Crippen MR) is 63.9 cm³/mol. The highest BCUT2D eigenvalue weighted by atomic mass is 16.5. The Hall–Kier alpha value is -2.10. The zero-order chi connectivity index (χ0) is 12.8. The van der Waals surface area contributed by atoms with Crippen molar-refractivity contribution in [3.05, 3.63) is 35.4 Å². The molecule has 0 aromatic heterocycles. The monoisotopic (exact) mass is 234 g/mol. The quantitative estimate of drug-likeness (QED) is 0.481. The van der Waals surface area contributed by atoms with Crippen molar-refractivity contribution in [1.29, 1.82) is 0 Å². The summed E-state index contributed by atoms with van der Waals surface area (Å²) in [5.74, 6) is -1.15. The number of carbonyl (C=O) groups is 2. The normalized spacial score (nSPS) is 11.1. The average molecular weight is 234 g/mol. The Morgan fingerprint density at radius 3 is 2.53 bits per heavy atom. The largest absolute Gasteiger partial charge is 0.493 e. The van der Waals surface area contributed by atoms with Gasteiger partial charge in [-0.2, -0.15) is 0 Å². The van der Waals surface area contributed by atoms with Crippen LogP contribution in [-0.2, 0) is 9.59 Å². The number of ketones is 1. The van der Waals surface area contributed by atoms with E-state index < -0.39 is 11.8 Å². The second-order valence-electron chi connectivity index (χ2n) is 3.39. The molecule has 0 atom stereocenters. The second-order valence-corrected chi connectivity index (χ2v) is 3.39. The standard InChI is InChI=1S/C13H14O4/c1-3-17-12-7-5-4-6-10(12)8-11(9(2)14)13(15)16/h4-8H,3H2,1-2H3,(H,15,16). The van der Waals surface area contributed by atoms with Crippen molar-refractivity contribution in [2.24, 2.45) is 0 Å². The number of hydrogen-bond acceptors (Lipinski definition) is 3. The van der Waals surface area contributed by atoms with Gasteiger partial charge in [0.1, 0.15) is 11.3 Å². The zero-order valence-corrected chi connectivity index (χ0v) is 9.77. The summed E-state index contributed by atoms with van der Waals surface area (Å²) in [6, 6.07) is 6.98. The molecular formula is C13H14O4. The lowest BCUT2D eigenvalue weighted by molar-refractivity contribution is -0.134. The lowest BCUT2D eigenvalue weighted by Gasteiger charge is -2.07. The molecule has 0 heterocycles. The van der Waals surface area contributed by atoms with Gasteiger partial charge in [-0.25, -0.2) is 4.79 Å². The molecule has 17 heavy (non-hydrogen) atoms. The van der Waals surface area contributed by atoms with Crippen LogP contribution in [-0.4, -0.2) is 23.5 Å². The van der Waals surface area contributed by atoms with Crippen molar-refractivity contribution in [2.75, 3.05) is 6.61 Å². The van der Waals surface area contributed by atoms with E-state index in [1.54, 1.807) is 24.3 Å². The molecule has 0 saturated heterocycles. The van der Waals surface area contributed by atoms with E-state index in [9.17, 15) is 9.59 Å². The molecule has 0 aliphatic carbocycles. The van der Waals surface area contributed by atoms with Crippen LogP contribution >= 0.6 is 0 Å². The van der Waals surface area contributed by atoms with Gasteiger partial charge in [0.05, 0.1) is 6.61 Å². The van der Waals surface area contributed by atoms with Crippen LogP contribution in [0.15, 0.2) is 29.8 Å². The van der Waals surface area contributed by atoms with Crippen LogP contribution in [0.1, 0.15) is 19.4 Å². The molecule has 1 aromatic carbocycles. The zero-order valence-electron chi connectivity index (χ0n) is 9.77. The molecule has 0 bridgehead atoms. The molecule has 4 heteroatoms. The van der Waals surface area contributed by atoms with E-state index in [1.807, 2.05) is 6.92 Å². The minimum absolute atomic E-state index is 0.253. The molecule has 0 radical (unpaired) electrons. The first-order valence-electron chi connectivity index (χ1n) is 5.24. The summed E-state index contributed by atoms with van der Waals surface area (Å²) in [5.41, 5.74) is 0.333. The smallest absolute Gasteiger partial charge is 0.339 e. The van der Waals surface area contributed by atoms with E-state index in [1.165, 1.54) is 13.0 Å². The highest BCUT2D eigenvalue weighted by Crippen LogP contribution is 2.21. The van der Waals surface area contributed by atoms with Gasteiger partial charge in [-0.3, -0.25) is 4.79 Å². The molecule has 0 fully saturated rings. The Morgan fingerprint density at radius 2 is 2.00 bits per heavy atom. The van der Waals surface area contributed by atoms with Gasteiger partial charge >= 0.3 is 5.97 Å². The van der Waals surface area contributed by atoms with Gasteiger partial charge in [-0.05, 0) is 26.0 Å². The molecule has 1 rings (SSSR count). The summed E-state index contributed by atoms with van der Waals surface area (Å²) < 4.78 is 5.35. The first kappa shape index (κ1) is 13.0. The summed E-state index contributed by atoms with van der Waals surface area (Å²) >= 11 is 0. The van der Waals surface area contributed by atoms with Crippen LogP contribution in [0.2, 0.25) is 0 Å².